The lowest BCUT2D eigenvalue weighted by molar-refractivity contribution is -0.143. The van der Waals surface area contributed by atoms with Crippen LogP contribution in [-0.2, 0) is 22.6 Å². The molecule has 200 valence electrons. The Labute approximate surface area is 235 Å². The van der Waals surface area contributed by atoms with Gasteiger partial charge in [0, 0.05) is 19.0 Å². The van der Waals surface area contributed by atoms with E-state index < -0.39 is 6.04 Å². The number of hydrogen-bond acceptors (Lipinski definition) is 3. The van der Waals surface area contributed by atoms with E-state index in [0.29, 0.717) is 22.2 Å². The Morgan fingerprint density at radius 2 is 1.61 bits per heavy atom. The Morgan fingerprint density at radius 1 is 0.921 bits per heavy atom. The Bertz CT molecular complexity index is 1240. The minimum Gasteiger partial charge on any atom is -0.484 e. The molecule has 3 aromatic rings. The SMILES string of the molecule is Cc1cc(C)cc(OCC(=O)N(Cc2ccc(Cl)c(Cl)c2)C(Cc2ccccc2)C(=O)NC2CCCC2)c1. The van der Waals surface area contributed by atoms with Gasteiger partial charge < -0.3 is 15.0 Å². The highest BCUT2D eigenvalue weighted by Gasteiger charge is 2.32. The van der Waals surface area contributed by atoms with Crippen LogP contribution in [0, 0.1) is 13.8 Å². The molecule has 3 aromatic carbocycles. The summed E-state index contributed by atoms with van der Waals surface area (Å²) >= 11 is 12.4. The average molecular weight is 554 g/mol. The highest BCUT2D eigenvalue weighted by Crippen LogP contribution is 2.25. The fourth-order valence-corrected chi connectivity index (χ4v) is 5.32. The highest BCUT2D eigenvalue weighted by atomic mass is 35.5. The van der Waals surface area contributed by atoms with Gasteiger partial charge in [-0.3, -0.25) is 9.59 Å². The minimum absolute atomic E-state index is 0.134. The second-order valence-electron chi connectivity index (χ2n) is 10.1. The molecule has 1 aliphatic carbocycles. The van der Waals surface area contributed by atoms with Crippen molar-refractivity contribution in [1.82, 2.24) is 10.2 Å². The van der Waals surface area contributed by atoms with Crippen molar-refractivity contribution in [3.63, 3.8) is 0 Å². The van der Waals surface area contributed by atoms with Gasteiger partial charge in [0.25, 0.3) is 5.91 Å². The Balaban J connectivity index is 1.63. The predicted octanol–water partition coefficient (Wildman–Crippen LogP) is 6.69. The van der Waals surface area contributed by atoms with Gasteiger partial charge in [-0.1, -0.05) is 78.5 Å². The molecule has 1 N–H and O–H groups in total. The third-order valence-electron chi connectivity index (χ3n) is 6.87. The summed E-state index contributed by atoms with van der Waals surface area (Å²) in [7, 11) is 0. The molecule has 0 spiro atoms. The smallest absolute Gasteiger partial charge is 0.261 e. The van der Waals surface area contributed by atoms with Crippen molar-refractivity contribution >= 4 is 35.0 Å². The Hall–Kier alpha value is -3.02. The van der Waals surface area contributed by atoms with Gasteiger partial charge in [-0.25, -0.2) is 0 Å². The summed E-state index contributed by atoms with van der Waals surface area (Å²) in [6.07, 6.45) is 4.50. The zero-order valence-electron chi connectivity index (χ0n) is 21.9. The summed E-state index contributed by atoms with van der Waals surface area (Å²) in [5.41, 5.74) is 3.86. The van der Waals surface area contributed by atoms with E-state index in [-0.39, 0.29) is 31.0 Å². The molecular formula is C31H34Cl2N2O3. The van der Waals surface area contributed by atoms with Crippen LogP contribution < -0.4 is 10.1 Å². The zero-order chi connectivity index (χ0) is 27.1. The van der Waals surface area contributed by atoms with Crippen molar-refractivity contribution in [3.8, 4) is 5.75 Å². The number of nitrogens with zero attached hydrogens (tertiary/aromatic N) is 1. The quantitative estimate of drug-likeness (QED) is 0.305. The summed E-state index contributed by atoms with van der Waals surface area (Å²) in [5, 5.41) is 4.05. The molecule has 4 rings (SSSR count). The highest BCUT2D eigenvalue weighted by molar-refractivity contribution is 6.42. The second-order valence-corrected chi connectivity index (χ2v) is 10.9. The first-order valence-electron chi connectivity index (χ1n) is 13.1. The summed E-state index contributed by atoms with van der Waals surface area (Å²) in [4.78, 5) is 29.1. The molecule has 1 atom stereocenters. The van der Waals surface area contributed by atoms with Crippen LogP contribution in [0.5, 0.6) is 5.75 Å². The third-order valence-corrected chi connectivity index (χ3v) is 7.61. The average Bonchev–Trinajstić information content (AvgIpc) is 3.40. The standard InChI is InChI=1S/C31H34Cl2N2O3/c1-21-14-22(2)16-26(15-21)38-20-30(36)35(19-24-12-13-27(32)28(33)17-24)29(18-23-8-4-3-5-9-23)31(37)34-25-10-6-7-11-25/h3-5,8-9,12-17,25,29H,6-7,10-11,18-20H2,1-2H3,(H,34,37). The molecule has 1 saturated carbocycles. The molecule has 1 fully saturated rings. The second kappa shape index (κ2) is 13.2. The molecule has 38 heavy (non-hydrogen) atoms. The lowest BCUT2D eigenvalue weighted by Gasteiger charge is -2.32. The van der Waals surface area contributed by atoms with Crippen LogP contribution in [0.4, 0.5) is 0 Å². The normalized spacial score (nSPS) is 14.2. The predicted molar refractivity (Wildman–Crippen MR) is 153 cm³/mol. The van der Waals surface area contributed by atoms with Crippen LogP contribution in [0.1, 0.15) is 47.9 Å². The largest absolute Gasteiger partial charge is 0.484 e. The number of carbonyl (C=O) groups excluding carboxylic acids is 2. The van der Waals surface area contributed by atoms with E-state index in [1.54, 1.807) is 17.0 Å². The fraction of sp³-hybridized carbons (Fsp3) is 0.355. The van der Waals surface area contributed by atoms with Crippen LogP contribution >= 0.6 is 23.2 Å². The van der Waals surface area contributed by atoms with Gasteiger partial charge in [0.15, 0.2) is 6.61 Å². The number of halogens is 2. The molecule has 0 bridgehead atoms. The Morgan fingerprint density at radius 3 is 2.26 bits per heavy atom. The van der Waals surface area contributed by atoms with Crippen molar-refractivity contribution < 1.29 is 14.3 Å². The number of aryl methyl sites for hydroxylation is 2. The number of ether oxygens (including phenoxy) is 1. The monoisotopic (exact) mass is 552 g/mol. The first-order chi connectivity index (χ1) is 18.3. The molecule has 0 heterocycles. The van der Waals surface area contributed by atoms with E-state index >= 15 is 0 Å². The van der Waals surface area contributed by atoms with Gasteiger partial charge >= 0.3 is 0 Å². The van der Waals surface area contributed by atoms with E-state index in [4.69, 9.17) is 27.9 Å². The number of nitrogens with one attached hydrogen (secondary N) is 1. The van der Waals surface area contributed by atoms with Gasteiger partial charge in [0.1, 0.15) is 11.8 Å². The van der Waals surface area contributed by atoms with E-state index in [1.165, 1.54) is 0 Å². The molecule has 2 amide bonds. The number of carbonyl (C=O) groups is 2. The summed E-state index contributed by atoms with van der Waals surface area (Å²) in [6, 6.07) is 20.3. The first kappa shape index (κ1) is 28.0. The van der Waals surface area contributed by atoms with E-state index in [2.05, 4.69) is 11.4 Å². The fourth-order valence-electron chi connectivity index (χ4n) is 5.00. The molecule has 0 aromatic heterocycles. The maximum absolute atomic E-state index is 13.8. The van der Waals surface area contributed by atoms with Crippen molar-refractivity contribution in [3.05, 3.63) is 99.0 Å². The van der Waals surface area contributed by atoms with Gasteiger partial charge in [-0.2, -0.15) is 0 Å². The molecule has 0 aliphatic heterocycles. The molecule has 7 heteroatoms. The van der Waals surface area contributed by atoms with Gasteiger partial charge in [0.2, 0.25) is 5.91 Å². The maximum atomic E-state index is 13.8. The molecule has 0 radical (unpaired) electrons. The van der Waals surface area contributed by atoms with E-state index in [0.717, 1.165) is 47.9 Å². The van der Waals surface area contributed by atoms with Crippen LogP contribution in [-0.4, -0.2) is 35.4 Å². The summed E-state index contributed by atoms with van der Waals surface area (Å²) < 4.78 is 5.93. The van der Waals surface area contributed by atoms with Crippen LogP contribution in [0.15, 0.2) is 66.7 Å². The van der Waals surface area contributed by atoms with Gasteiger partial charge in [-0.05, 0) is 73.2 Å². The Kier molecular flexibility index (Phi) is 9.70. The van der Waals surface area contributed by atoms with Crippen molar-refractivity contribution in [2.24, 2.45) is 0 Å². The van der Waals surface area contributed by atoms with E-state index in [1.807, 2.05) is 62.4 Å². The number of benzene rings is 3. The van der Waals surface area contributed by atoms with Crippen LogP contribution in [0.2, 0.25) is 10.0 Å². The molecule has 1 aliphatic rings. The zero-order valence-corrected chi connectivity index (χ0v) is 23.4. The molecular weight excluding hydrogens is 519 g/mol. The molecule has 0 saturated heterocycles. The van der Waals surface area contributed by atoms with Gasteiger partial charge in [-0.15, -0.1) is 0 Å². The van der Waals surface area contributed by atoms with Crippen molar-refractivity contribution in [1.29, 1.82) is 0 Å². The van der Waals surface area contributed by atoms with Gasteiger partial charge in [0.05, 0.1) is 10.0 Å². The minimum atomic E-state index is -0.720. The maximum Gasteiger partial charge on any atom is 0.261 e. The molecule has 5 nitrogen and oxygen atoms in total. The topological polar surface area (TPSA) is 58.6 Å². The number of hydrogen-bond donors (Lipinski definition) is 1. The van der Waals surface area contributed by atoms with Crippen molar-refractivity contribution in [2.45, 2.75) is 64.6 Å². The summed E-state index contributed by atoms with van der Waals surface area (Å²) in [5.74, 6) is 0.193. The lowest BCUT2D eigenvalue weighted by atomic mass is 10.0. The number of rotatable bonds is 10. The summed E-state index contributed by atoms with van der Waals surface area (Å²) in [6.45, 7) is 3.98. The third kappa shape index (κ3) is 7.75. The lowest BCUT2D eigenvalue weighted by Crippen LogP contribution is -2.53. The van der Waals surface area contributed by atoms with Crippen LogP contribution in [0.25, 0.3) is 0 Å². The number of amides is 2. The van der Waals surface area contributed by atoms with Crippen molar-refractivity contribution in [2.75, 3.05) is 6.61 Å². The molecule has 1 unspecified atom stereocenters. The first-order valence-corrected chi connectivity index (χ1v) is 13.8. The van der Waals surface area contributed by atoms with Crippen LogP contribution in [0.3, 0.4) is 0 Å². The van der Waals surface area contributed by atoms with E-state index in [9.17, 15) is 9.59 Å².